The number of likely N-dealkylation sites (N-methyl/N-ethyl adjacent to an activating group) is 1. The number of rotatable bonds is 8. The maximum atomic E-state index is 13.1. The van der Waals surface area contributed by atoms with Gasteiger partial charge < -0.3 is 15.2 Å². The van der Waals surface area contributed by atoms with E-state index in [1.54, 1.807) is 32.0 Å². The van der Waals surface area contributed by atoms with E-state index < -0.39 is 17.9 Å². The van der Waals surface area contributed by atoms with Crippen molar-refractivity contribution in [1.82, 2.24) is 4.90 Å². The van der Waals surface area contributed by atoms with Crippen LogP contribution < -0.4 is 10.1 Å². The second-order valence-electron chi connectivity index (χ2n) is 6.69. The van der Waals surface area contributed by atoms with E-state index in [1.165, 1.54) is 0 Å². The number of carbonyl (C=O) groups is 2. The van der Waals surface area contributed by atoms with Gasteiger partial charge in [-0.2, -0.15) is 0 Å². The van der Waals surface area contributed by atoms with Crippen LogP contribution in [0, 0.1) is 12.8 Å². The van der Waals surface area contributed by atoms with Gasteiger partial charge in [0, 0.05) is 6.54 Å². The van der Waals surface area contributed by atoms with Crippen molar-refractivity contribution < 1.29 is 19.4 Å². The summed E-state index contributed by atoms with van der Waals surface area (Å²) in [5.41, 5.74) is 2.38. The number of amides is 1. The molecule has 0 spiro atoms. The van der Waals surface area contributed by atoms with E-state index in [4.69, 9.17) is 4.74 Å². The quantitative estimate of drug-likeness (QED) is 0.745. The summed E-state index contributed by atoms with van der Waals surface area (Å²) < 4.78 is 5.34. The number of carboxylic acids is 1. The van der Waals surface area contributed by atoms with Gasteiger partial charge in [0.15, 0.2) is 0 Å². The number of aryl methyl sites for hydroxylation is 1. The Hall–Kier alpha value is -2.86. The van der Waals surface area contributed by atoms with Gasteiger partial charge in [0.25, 0.3) is 0 Å². The molecule has 2 aromatic rings. The molecule has 2 atom stereocenters. The first-order valence-corrected chi connectivity index (χ1v) is 8.77. The van der Waals surface area contributed by atoms with Crippen LogP contribution in [0.1, 0.15) is 24.1 Å². The predicted molar refractivity (Wildman–Crippen MR) is 105 cm³/mol. The third kappa shape index (κ3) is 5.31. The average molecular weight is 370 g/mol. The maximum Gasteiger partial charge on any atom is 0.307 e. The fraction of sp³-hybridized carbons (Fsp3) is 0.333. The van der Waals surface area contributed by atoms with Gasteiger partial charge in [-0.15, -0.1) is 0 Å². The van der Waals surface area contributed by atoms with Crippen LogP contribution in [-0.4, -0.2) is 42.6 Å². The van der Waals surface area contributed by atoms with Crippen molar-refractivity contribution in [3.8, 4) is 5.75 Å². The van der Waals surface area contributed by atoms with Gasteiger partial charge in [-0.25, -0.2) is 0 Å². The van der Waals surface area contributed by atoms with Crippen molar-refractivity contribution in [3.63, 3.8) is 0 Å². The van der Waals surface area contributed by atoms with Crippen molar-refractivity contribution in [2.45, 2.75) is 19.9 Å². The summed E-state index contributed by atoms with van der Waals surface area (Å²) in [6, 6.07) is 14.2. The zero-order chi connectivity index (χ0) is 20.0. The van der Waals surface area contributed by atoms with Gasteiger partial charge in [0.2, 0.25) is 5.91 Å². The topological polar surface area (TPSA) is 78.9 Å². The van der Waals surface area contributed by atoms with Crippen molar-refractivity contribution in [3.05, 3.63) is 59.7 Å². The molecule has 0 saturated carbocycles. The van der Waals surface area contributed by atoms with Gasteiger partial charge in [0.1, 0.15) is 11.8 Å². The number of hydrogen-bond acceptors (Lipinski definition) is 4. The summed E-state index contributed by atoms with van der Waals surface area (Å²) in [5.74, 6) is -1.16. The summed E-state index contributed by atoms with van der Waals surface area (Å²) in [4.78, 5) is 26.1. The molecule has 0 heterocycles. The molecule has 0 aliphatic heterocycles. The minimum atomic E-state index is -0.894. The number of carboxylic acid groups (broad SMARTS) is 1. The fourth-order valence-electron chi connectivity index (χ4n) is 2.98. The Morgan fingerprint density at radius 1 is 1.19 bits per heavy atom. The SMILES string of the molecule is COc1ccc(C)cc1NC(=O)C(c1ccccc1)N(C)CC(C)C(=O)O. The molecule has 6 nitrogen and oxygen atoms in total. The summed E-state index contributed by atoms with van der Waals surface area (Å²) in [7, 11) is 3.31. The third-order valence-electron chi connectivity index (χ3n) is 4.40. The number of methoxy groups -OCH3 is 1. The third-order valence-corrected chi connectivity index (χ3v) is 4.40. The van der Waals surface area contributed by atoms with Gasteiger partial charge in [-0.05, 0) is 37.2 Å². The molecule has 2 N–H and O–H groups in total. The van der Waals surface area contributed by atoms with Crippen molar-refractivity contribution in [2.75, 3.05) is 26.0 Å². The van der Waals surface area contributed by atoms with Gasteiger partial charge >= 0.3 is 5.97 Å². The highest BCUT2D eigenvalue weighted by atomic mass is 16.5. The van der Waals surface area contributed by atoms with Crippen molar-refractivity contribution in [1.29, 1.82) is 0 Å². The summed E-state index contributed by atoms with van der Waals surface area (Å²) in [5, 5.41) is 12.1. The number of nitrogens with zero attached hydrogens (tertiary/aromatic N) is 1. The van der Waals surface area contributed by atoms with E-state index >= 15 is 0 Å². The van der Waals surface area contributed by atoms with Gasteiger partial charge in [0.05, 0.1) is 18.7 Å². The van der Waals surface area contributed by atoms with Crippen molar-refractivity contribution in [2.24, 2.45) is 5.92 Å². The van der Waals surface area contributed by atoms with E-state index in [0.29, 0.717) is 11.4 Å². The molecule has 0 bridgehead atoms. The summed E-state index contributed by atoms with van der Waals surface area (Å²) in [6.45, 7) is 3.81. The fourth-order valence-corrected chi connectivity index (χ4v) is 2.98. The lowest BCUT2D eigenvalue weighted by atomic mass is 10.0. The Balaban J connectivity index is 2.32. The molecule has 1 amide bonds. The molecule has 27 heavy (non-hydrogen) atoms. The smallest absolute Gasteiger partial charge is 0.307 e. The van der Waals surface area contributed by atoms with Crippen molar-refractivity contribution >= 4 is 17.6 Å². The second-order valence-corrected chi connectivity index (χ2v) is 6.69. The number of nitrogens with one attached hydrogen (secondary N) is 1. The lowest BCUT2D eigenvalue weighted by Gasteiger charge is -2.29. The van der Waals surface area contributed by atoms with Crippen LogP contribution in [0.5, 0.6) is 5.75 Å². The molecular formula is C21H26N2O4. The zero-order valence-electron chi connectivity index (χ0n) is 16.1. The Labute approximate surface area is 159 Å². The number of carbonyl (C=O) groups excluding carboxylic acids is 1. The van der Waals surface area contributed by atoms with Crippen LogP contribution in [0.15, 0.2) is 48.5 Å². The minimum absolute atomic E-state index is 0.243. The predicted octanol–water partition coefficient (Wildman–Crippen LogP) is 3.34. The molecule has 2 aromatic carbocycles. The molecule has 0 saturated heterocycles. The normalized spacial score (nSPS) is 13.1. The van der Waals surface area contributed by atoms with E-state index in [9.17, 15) is 14.7 Å². The molecule has 0 aliphatic rings. The largest absolute Gasteiger partial charge is 0.495 e. The number of hydrogen-bond donors (Lipinski definition) is 2. The molecular weight excluding hydrogens is 344 g/mol. The van der Waals surface area contributed by atoms with Crippen LogP contribution in [-0.2, 0) is 9.59 Å². The maximum absolute atomic E-state index is 13.1. The van der Waals surface area contributed by atoms with Crippen LogP contribution in [0.3, 0.4) is 0 Å². The second kappa shape index (κ2) is 9.19. The lowest BCUT2D eigenvalue weighted by molar-refractivity contribution is -0.142. The van der Waals surface area contributed by atoms with E-state index in [1.807, 2.05) is 49.4 Å². The van der Waals surface area contributed by atoms with Crippen LogP contribution in [0.4, 0.5) is 5.69 Å². The number of aliphatic carboxylic acids is 1. The average Bonchev–Trinajstić information content (AvgIpc) is 2.62. The Kier molecular flexibility index (Phi) is 6.96. The van der Waals surface area contributed by atoms with Gasteiger partial charge in [-0.3, -0.25) is 14.5 Å². The molecule has 6 heteroatoms. The van der Waals surface area contributed by atoms with E-state index in [-0.39, 0.29) is 12.5 Å². The monoisotopic (exact) mass is 370 g/mol. The Bertz CT molecular complexity index is 792. The Morgan fingerprint density at radius 2 is 1.85 bits per heavy atom. The van der Waals surface area contributed by atoms with Gasteiger partial charge in [-0.1, -0.05) is 43.3 Å². The molecule has 144 valence electrons. The molecule has 0 fully saturated rings. The summed E-state index contributed by atoms with van der Waals surface area (Å²) >= 11 is 0. The van der Waals surface area contributed by atoms with E-state index in [2.05, 4.69) is 5.32 Å². The standard InChI is InChI=1S/C21H26N2O4/c1-14-10-11-18(27-4)17(12-14)22-20(24)19(16-8-6-5-7-9-16)23(3)13-15(2)21(25)26/h5-12,15,19H,13H2,1-4H3,(H,22,24)(H,25,26). The molecule has 0 radical (unpaired) electrons. The first-order chi connectivity index (χ1) is 12.8. The number of ether oxygens (including phenoxy) is 1. The first-order valence-electron chi connectivity index (χ1n) is 8.77. The van der Waals surface area contributed by atoms with Crippen LogP contribution in [0.2, 0.25) is 0 Å². The minimum Gasteiger partial charge on any atom is -0.495 e. The number of benzene rings is 2. The van der Waals surface area contributed by atoms with Crippen LogP contribution in [0.25, 0.3) is 0 Å². The molecule has 2 unspecified atom stereocenters. The molecule has 2 rings (SSSR count). The van der Waals surface area contributed by atoms with E-state index in [0.717, 1.165) is 11.1 Å². The van der Waals surface area contributed by atoms with Crippen LogP contribution >= 0.6 is 0 Å². The highest BCUT2D eigenvalue weighted by Gasteiger charge is 2.28. The lowest BCUT2D eigenvalue weighted by Crippen LogP contribution is -2.38. The highest BCUT2D eigenvalue weighted by molar-refractivity contribution is 5.96. The zero-order valence-corrected chi connectivity index (χ0v) is 16.1. The summed E-state index contributed by atoms with van der Waals surface area (Å²) in [6.07, 6.45) is 0. The highest BCUT2D eigenvalue weighted by Crippen LogP contribution is 2.28. The molecule has 0 aromatic heterocycles. The number of anilines is 1. The Morgan fingerprint density at radius 3 is 2.44 bits per heavy atom. The molecule has 0 aliphatic carbocycles. The first kappa shape index (κ1) is 20.5.